The smallest absolute Gasteiger partial charge is 0.137 e. The predicted molar refractivity (Wildman–Crippen MR) is 78.4 cm³/mol. The summed E-state index contributed by atoms with van der Waals surface area (Å²) >= 11 is 0. The largest absolute Gasteiger partial charge is 0.461 e. The lowest BCUT2D eigenvalue weighted by Gasteiger charge is -2.25. The Labute approximate surface area is 110 Å². The standard InChI is InChI=1S/C17H24O/c1-11-8-12-9-13(16(2,3)4)10-14(15(12)18-11)17(5,6)7/h8-10H,1-7H3. The zero-order chi connectivity index (χ0) is 13.7. The number of benzene rings is 1. The van der Waals surface area contributed by atoms with Crippen LogP contribution in [0.3, 0.4) is 0 Å². The van der Waals surface area contributed by atoms with E-state index in [0.717, 1.165) is 11.3 Å². The topological polar surface area (TPSA) is 13.1 Å². The molecule has 1 heterocycles. The zero-order valence-corrected chi connectivity index (χ0v) is 12.6. The van der Waals surface area contributed by atoms with Crippen LogP contribution < -0.4 is 0 Å². The lowest BCUT2D eigenvalue weighted by Crippen LogP contribution is -2.16. The number of hydrogen-bond acceptors (Lipinski definition) is 1. The van der Waals surface area contributed by atoms with E-state index in [2.05, 4.69) is 59.7 Å². The molecule has 2 aromatic rings. The number of rotatable bonds is 0. The summed E-state index contributed by atoms with van der Waals surface area (Å²) in [5.74, 6) is 0.988. The van der Waals surface area contributed by atoms with Gasteiger partial charge in [-0.2, -0.15) is 0 Å². The molecule has 0 atom stereocenters. The summed E-state index contributed by atoms with van der Waals surface area (Å²) < 4.78 is 5.89. The minimum absolute atomic E-state index is 0.101. The van der Waals surface area contributed by atoms with Crippen molar-refractivity contribution in [2.24, 2.45) is 0 Å². The van der Waals surface area contributed by atoms with Gasteiger partial charge < -0.3 is 4.42 Å². The van der Waals surface area contributed by atoms with Crippen LogP contribution in [0.4, 0.5) is 0 Å². The number of aryl methyl sites for hydroxylation is 1. The van der Waals surface area contributed by atoms with Gasteiger partial charge in [0.15, 0.2) is 0 Å². The van der Waals surface area contributed by atoms with Crippen molar-refractivity contribution >= 4 is 11.0 Å². The lowest BCUT2D eigenvalue weighted by molar-refractivity contribution is 0.537. The third-order valence-corrected chi connectivity index (χ3v) is 3.41. The van der Waals surface area contributed by atoms with Crippen molar-refractivity contribution in [2.75, 3.05) is 0 Å². The first-order valence-electron chi connectivity index (χ1n) is 6.64. The highest BCUT2D eigenvalue weighted by atomic mass is 16.3. The Morgan fingerprint density at radius 3 is 1.94 bits per heavy atom. The molecule has 18 heavy (non-hydrogen) atoms. The first-order valence-corrected chi connectivity index (χ1v) is 6.64. The van der Waals surface area contributed by atoms with E-state index in [4.69, 9.17) is 4.42 Å². The molecule has 0 radical (unpaired) electrons. The van der Waals surface area contributed by atoms with Crippen molar-refractivity contribution in [1.29, 1.82) is 0 Å². The van der Waals surface area contributed by atoms with E-state index >= 15 is 0 Å². The maximum atomic E-state index is 5.89. The number of furan rings is 1. The molecule has 0 spiro atoms. The minimum atomic E-state index is 0.101. The molecule has 2 rings (SSSR count). The Balaban J connectivity index is 2.81. The van der Waals surface area contributed by atoms with Gasteiger partial charge in [0.25, 0.3) is 0 Å². The number of fused-ring (bicyclic) bond motifs is 1. The molecule has 0 fully saturated rings. The molecule has 1 heteroatoms. The lowest BCUT2D eigenvalue weighted by atomic mass is 9.80. The van der Waals surface area contributed by atoms with Crippen LogP contribution in [-0.2, 0) is 10.8 Å². The van der Waals surface area contributed by atoms with E-state index in [1.807, 2.05) is 6.92 Å². The average Bonchev–Trinajstić information content (AvgIpc) is 2.52. The van der Waals surface area contributed by atoms with Crippen LogP contribution in [0.1, 0.15) is 58.4 Å². The fraction of sp³-hybridized carbons (Fsp3) is 0.529. The van der Waals surface area contributed by atoms with Crippen molar-refractivity contribution < 1.29 is 4.42 Å². The van der Waals surface area contributed by atoms with Gasteiger partial charge in [0.1, 0.15) is 11.3 Å². The van der Waals surface area contributed by atoms with Crippen molar-refractivity contribution in [3.63, 3.8) is 0 Å². The minimum Gasteiger partial charge on any atom is -0.461 e. The Morgan fingerprint density at radius 1 is 0.833 bits per heavy atom. The van der Waals surface area contributed by atoms with Crippen LogP contribution in [-0.4, -0.2) is 0 Å². The predicted octanol–water partition coefficient (Wildman–Crippen LogP) is 5.34. The van der Waals surface area contributed by atoms with Gasteiger partial charge in [0.2, 0.25) is 0 Å². The first kappa shape index (κ1) is 13.2. The molecule has 1 aromatic carbocycles. The zero-order valence-electron chi connectivity index (χ0n) is 12.6. The van der Waals surface area contributed by atoms with Gasteiger partial charge in [-0.1, -0.05) is 47.6 Å². The molecule has 1 nitrogen and oxygen atoms in total. The quantitative estimate of drug-likeness (QED) is 0.610. The second kappa shape index (κ2) is 3.88. The molecule has 0 amide bonds. The molecule has 0 aliphatic rings. The summed E-state index contributed by atoms with van der Waals surface area (Å²) in [6, 6.07) is 6.71. The van der Waals surface area contributed by atoms with Gasteiger partial charge in [-0.15, -0.1) is 0 Å². The molecule has 0 aliphatic carbocycles. The molecule has 98 valence electrons. The Bertz CT molecular complexity index is 574. The molecule has 1 aromatic heterocycles. The fourth-order valence-corrected chi connectivity index (χ4v) is 2.27. The molecular weight excluding hydrogens is 220 g/mol. The Hall–Kier alpha value is -1.24. The third kappa shape index (κ3) is 2.31. The summed E-state index contributed by atoms with van der Waals surface area (Å²) in [5, 5.41) is 1.23. The highest BCUT2D eigenvalue weighted by Crippen LogP contribution is 2.36. The van der Waals surface area contributed by atoms with E-state index in [1.54, 1.807) is 0 Å². The number of hydrogen-bond donors (Lipinski definition) is 0. The summed E-state index contributed by atoms with van der Waals surface area (Å²) in [5.41, 5.74) is 4.00. The van der Waals surface area contributed by atoms with Gasteiger partial charge in [0, 0.05) is 10.9 Å². The summed E-state index contributed by atoms with van der Waals surface area (Å²) in [6.07, 6.45) is 0. The molecule has 0 N–H and O–H groups in total. The highest BCUT2D eigenvalue weighted by molar-refractivity contribution is 5.83. The van der Waals surface area contributed by atoms with Crippen LogP contribution >= 0.6 is 0 Å². The average molecular weight is 244 g/mol. The van der Waals surface area contributed by atoms with E-state index in [-0.39, 0.29) is 10.8 Å². The van der Waals surface area contributed by atoms with E-state index < -0.39 is 0 Å². The van der Waals surface area contributed by atoms with E-state index in [0.29, 0.717) is 0 Å². The normalized spacial score (nSPS) is 13.3. The summed E-state index contributed by atoms with van der Waals surface area (Å²) in [7, 11) is 0. The van der Waals surface area contributed by atoms with Gasteiger partial charge in [-0.25, -0.2) is 0 Å². The molecular formula is C17H24O. The molecule has 0 saturated carbocycles. The SMILES string of the molecule is Cc1cc2cc(C(C)(C)C)cc(C(C)(C)C)c2o1. The second-order valence-corrected chi connectivity index (χ2v) is 7.30. The molecule has 0 bridgehead atoms. The Morgan fingerprint density at radius 2 is 1.44 bits per heavy atom. The fourth-order valence-electron chi connectivity index (χ4n) is 2.27. The monoisotopic (exact) mass is 244 g/mol. The molecule has 0 unspecified atom stereocenters. The highest BCUT2D eigenvalue weighted by Gasteiger charge is 2.23. The van der Waals surface area contributed by atoms with Crippen LogP contribution in [0.2, 0.25) is 0 Å². The van der Waals surface area contributed by atoms with E-state index in [1.165, 1.54) is 16.5 Å². The van der Waals surface area contributed by atoms with Crippen molar-refractivity contribution in [2.45, 2.75) is 59.3 Å². The van der Waals surface area contributed by atoms with Crippen LogP contribution in [0.25, 0.3) is 11.0 Å². The van der Waals surface area contributed by atoms with Gasteiger partial charge in [-0.05, 0) is 35.4 Å². The van der Waals surface area contributed by atoms with Crippen molar-refractivity contribution in [3.8, 4) is 0 Å². The van der Waals surface area contributed by atoms with Gasteiger partial charge >= 0.3 is 0 Å². The van der Waals surface area contributed by atoms with Gasteiger partial charge in [0.05, 0.1) is 0 Å². The first-order chi connectivity index (χ1) is 8.09. The third-order valence-electron chi connectivity index (χ3n) is 3.41. The van der Waals surface area contributed by atoms with Crippen LogP contribution in [0.5, 0.6) is 0 Å². The molecule has 0 saturated heterocycles. The van der Waals surface area contributed by atoms with Crippen molar-refractivity contribution in [1.82, 2.24) is 0 Å². The molecule has 0 aliphatic heterocycles. The van der Waals surface area contributed by atoms with Crippen LogP contribution in [0, 0.1) is 6.92 Å². The van der Waals surface area contributed by atoms with Crippen molar-refractivity contribution in [3.05, 3.63) is 35.1 Å². The second-order valence-electron chi connectivity index (χ2n) is 7.30. The van der Waals surface area contributed by atoms with E-state index in [9.17, 15) is 0 Å². The summed E-state index contributed by atoms with van der Waals surface area (Å²) in [6.45, 7) is 15.5. The van der Waals surface area contributed by atoms with Crippen LogP contribution in [0.15, 0.2) is 22.6 Å². The Kier molecular flexibility index (Phi) is 2.84. The van der Waals surface area contributed by atoms with Gasteiger partial charge in [-0.3, -0.25) is 0 Å². The maximum absolute atomic E-state index is 5.89. The maximum Gasteiger partial charge on any atom is 0.137 e. The summed E-state index contributed by atoms with van der Waals surface area (Å²) in [4.78, 5) is 0.